The number of benzene rings is 1. The first kappa shape index (κ1) is 48.6. The Kier molecular flexibility index (Phi) is 19.2. The van der Waals surface area contributed by atoms with Gasteiger partial charge in [-0.2, -0.15) is 0 Å². The first-order chi connectivity index (χ1) is 27.2. The van der Waals surface area contributed by atoms with Gasteiger partial charge in [0.25, 0.3) is 0 Å². The highest BCUT2D eigenvalue weighted by atomic mass is 16.5. The molecule has 8 N–H and O–H groups in total. The maximum atomic E-state index is 14.4. The third-order valence-electron chi connectivity index (χ3n) is 9.72. The van der Waals surface area contributed by atoms with Gasteiger partial charge in [0.05, 0.1) is 25.6 Å². The summed E-state index contributed by atoms with van der Waals surface area (Å²) in [4.78, 5) is 116. The molecular formula is C39H58N6O13. The van der Waals surface area contributed by atoms with Crippen LogP contribution in [0.25, 0.3) is 0 Å². The molecule has 0 radical (unpaired) electrons. The van der Waals surface area contributed by atoms with Crippen LogP contribution in [0.3, 0.4) is 0 Å². The van der Waals surface area contributed by atoms with Crippen LogP contribution < -0.4 is 26.6 Å². The number of likely N-dealkylation sites (tertiary alicyclic amines) is 1. The van der Waals surface area contributed by atoms with Crippen LogP contribution in [-0.4, -0.2) is 122 Å². The molecule has 0 spiro atoms. The van der Waals surface area contributed by atoms with Crippen molar-refractivity contribution in [2.24, 2.45) is 11.8 Å². The van der Waals surface area contributed by atoms with Gasteiger partial charge < -0.3 is 51.5 Å². The number of carbonyl (C=O) groups is 9. The van der Waals surface area contributed by atoms with Gasteiger partial charge in [0, 0.05) is 19.9 Å². The van der Waals surface area contributed by atoms with Crippen LogP contribution in [0.2, 0.25) is 0 Å². The smallest absolute Gasteiger partial charge is 0.326 e. The Balaban J connectivity index is 2.39. The number of carboxylic acid groups (broad SMARTS) is 3. The normalized spacial score (nSPS) is 18.1. The quantitative estimate of drug-likeness (QED) is 0.0746. The third kappa shape index (κ3) is 15.1. The van der Waals surface area contributed by atoms with Crippen LogP contribution in [0.1, 0.15) is 91.2 Å². The second-order valence-corrected chi connectivity index (χ2v) is 15.0. The van der Waals surface area contributed by atoms with Crippen molar-refractivity contribution in [3.63, 3.8) is 0 Å². The van der Waals surface area contributed by atoms with Gasteiger partial charge in [-0.05, 0) is 30.7 Å². The average Bonchev–Trinajstić information content (AvgIpc) is 3.57. The molecular weight excluding hydrogens is 760 g/mol. The van der Waals surface area contributed by atoms with Gasteiger partial charge in [-0.1, -0.05) is 77.3 Å². The second kappa shape index (κ2) is 23.0. The van der Waals surface area contributed by atoms with E-state index in [0.29, 0.717) is 12.8 Å². The lowest BCUT2D eigenvalue weighted by molar-refractivity contribution is -0.146. The number of hydrogen-bond donors (Lipinski definition) is 8. The van der Waals surface area contributed by atoms with Crippen molar-refractivity contribution in [2.75, 3.05) is 6.54 Å². The molecule has 1 aliphatic heterocycles. The highest BCUT2D eigenvalue weighted by molar-refractivity contribution is 5.98. The summed E-state index contributed by atoms with van der Waals surface area (Å²) in [5.74, 6) is -10.6. The number of carboxylic acids is 3. The summed E-state index contributed by atoms with van der Waals surface area (Å²) in [6, 6.07) is -0.854. The van der Waals surface area contributed by atoms with E-state index in [1.54, 1.807) is 34.6 Å². The molecule has 0 saturated carbocycles. The highest BCUT2D eigenvalue weighted by Gasteiger charge is 2.45. The molecule has 1 fully saturated rings. The number of carbonyl (C=O) groups excluding carboxylic acids is 6. The molecule has 0 bridgehead atoms. The van der Waals surface area contributed by atoms with Gasteiger partial charge in [-0.3, -0.25) is 38.4 Å². The van der Waals surface area contributed by atoms with Crippen molar-refractivity contribution >= 4 is 53.4 Å². The number of hydrogen-bond acceptors (Lipinski definition) is 10. The Hall–Kier alpha value is -5.59. The number of ether oxygens (including phenoxy) is 1. The van der Waals surface area contributed by atoms with E-state index >= 15 is 0 Å². The monoisotopic (exact) mass is 818 g/mol. The van der Waals surface area contributed by atoms with E-state index in [2.05, 4.69) is 26.6 Å². The van der Waals surface area contributed by atoms with Crippen LogP contribution in [-0.2, 0) is 54.5 Å². The molecule has 1 aromatic carbocycles. The van der Waals surface area contributed by atoms with Crippen molar-refractivity contribution in [1.82, 2.24) is 31.5 Å². The van der Waals surface area contributed by atoms with Gasteiger partial charge in [0.2, 0.25) is 35.4 Å². The Morgan fingerprint density at radius 1 is 0.793 bits per heavy atom. The molecule has 6 amide bonds. The molecule has 0 unspecified atom stereocenters. The molecule has 1 aromatic rings. The van der Waals surface area contributed by atoms with E-state index in [1.807, 2.05) is 31.2 Å². The molecule has 0 aromatic heterocycles. The lowest BCUT2D eigenvalue weighted by Crippen LogP contribution is -2.61. The summed E-state index contributed by atoms with van der Waals surface area (Å²) >= 11 is 0. The molecule has 19 heteroatoms. The van der Waals surface area contributed by atoms with Gasteiger partial charge in [0.1, 0.15) is 36.3 Å². The Bertz CT molecular complexity index is 1650. The van der Waals surface area contributed by atoms with E-state index in [4.69, 9.17) is 4.74 Å². The summed E-state index contributed by atoms with van der Waals surface area (Å²) in [6.45, 7) is 11.5. The summed E-state index contributed by atoms with van der Waals surface area (Å²) in [6.07, 6.45) is -1.50. The number of aryl methyl sites for hydroxylation is 1. The number of nitrogens with one attached hydrogen (secondary N) is 5. The lowest BCUT2D eigenvalue weighted by atomic mass is 9.95. The number of aliphatic carboxylic acids is 3. The van der Waals surface area contributed by atoms with Crippen LogP contribution in [0.4, 0.5) is 0 Å². The molecule has 2 rings (SSSR count). The van der Waals surface area contributed by atoms with Crippen molar-refractivity contribution in [3.05, 3.63) is 35.4 Å². The number of rotatable bonds is 23. The molecule has 1 aliphatic rings. The first-order valence-corrected chi connectivity index (χ1v) is 19.3. The van der Waals surface area contributed by atoms with Gasteiger partial charge >= 0.3 is 17.9 Å². The molecule has 58 heavy (non-hydrogen) atoms. The first-order valence-electron chi connectivity index (χ1n) is 19.3. The minimum absolute atomic E-state index is 0.0398. The average molecular weight is 819 g/mol. The Morgan fingerprint density at radius 3 is 1.90 bits per heavy atom. The van der Waals surface area contributed by atoms with E-state index < -0.39 is 120 Å². The maximum absolute atomic E-state index is 14.4. The Morgan fingerprint density at radius 2 is 1.38 bits per heavy atom. The third-order valence-corrected chi connectivity index (χ3v) is 9.72. The number of amides is 6. The van der Waals surface area contributed by atoms with E-state index in [-0.39, 0.29) is 26.0 Å². The van der Waals surface area contributed by atoms with Crippen LogP contribution in [0.15, 0.2) is 24.3 Å². The highest BCUT2D eigenvalue weighted by Crippen LogP contribution is 2.25. The minimum Gasteiger partial charge on any atom is -0.481 e. The fourth-order valence-electron chi connectivity index (χ4n) is 6.42. The van der Waals surface area contributed by atoms with Crippen molar-refractivity contribution in [1.29, 1.82) is 0 Å². The fraction of sp³-hybridized carbons (Fsp3) is 0.615. The van der Waals surface area contributed by atoms with E-state index in [1.165, 1.54) is 4.90 Å². The predicted molar refractivity (Wildman–Crippen MR) is 207 cm³/mol. The van der Waals surface area contributed by atoms with Gasteiger partial charge in [0.15, 0.2) is 0 Å². The largest absolute Gasteiger partial charge is 0.481 e. The van der Waals surface area contributed by atoms with Gasteiger partial charge in [-0.15, -0.1) is 0 Å². The zero-order valence-corrected chi connectivity index (χ0v) is 34.0. The molecule has 322 valence electrons. The van der Waals surface area contributed by atoms with Crippen molar-refractivity contribution in [3.8, 4) is 0 Å². The van der Waals surface area contributed by atoms with E-state index in [9.17, 15) is 58.5 Å². The van der Waals surface area contributed by atoms with E-state index in [0.717, 1.165) is 18.1 Å². The SMILES string of the molecule is CCC[C@H](NC(=O)[C@@H]1C[C@@H](OCc2cccc(C)c2)CN1C(=O)[C@@H](NC(=O)[C@@H](NC(=O)[C@H](CC(=O)O)NC(=O)[C@H](CC(=O)O)NC(C)=O)[C@@H](C)CC)C(C)C)C(=O)O. The molecule has 1 heterocycles. The van der Waals surface area contributed by atoms with Crippen molar-refractivity contribution in [2.45, 2.75) is 136 Å². The number of nitrogens with zero attached hydrogens (tertiary/aromatic N) is 1. The molecule has 1 saturated heterocycles. The van der Waals surface area contributed by atoms with Gasteiger partial charge in [-0.25, -0.2) is 4.79 Å². The minimum atomic E-state index is -1.81. The summed E-state index contributed by atoms with van der Waals surface area (Å²) in [5, 5.41) is 40.4. The predicted octanol–water partition coefficient (Wildman–Crippen LogP) is 0.461. The zero-order valence-electron chi connectivity index (χ0n) is 34.0. The molecule has 0 aliphatic carbocycles. The van der Waals surface area contributed by atoms with Crippen LogP contribution >= 0.6 is 0 Å². The Labute approximate surface area is 337 Å². The lowest BCUT2D eigenvalue weighted by Gasteiger charge is -2.33. The standard InChI is InChI=1S/C39H58N6O13/c1-8-11-26(39(56)57)41-36(53)29-15-25(58-19-24-13-10-12-21(5)14-24)18-45(29)38(55)32(20(3)4)43-37(54)33(22(6)9-2)44-35(52)28(17-31(49)50)42-34(51)27(16-30(47)48)40-23(7)46/h10,12-14,20,22,25-29,32-33H,8-9,11,15-19H2,1-7H3,(H,40,46)(H,41,53)(H,42,51)(H,43,54)(H,44,52)(H,47,48)(H,49,50)(H,56,57)/t22-,25+,26-,27-,28-,29-,32-,33-/m0/s1. The fourth-order valence-corrected chi connectivity index (χ4v) is 6.42. The molecule has 19 nitrogen and oxygen atoms in total. The van der Waals surface area contributed by atoms with Crippen LogP contribution in [0, 0.1) is 18.8 Å². The second-order valence-electron chi connectivity index (χ2n) is 15.0. The zero-order chi connectivity index (χ0) is 43.9. The maximum Gasteiger partial charge on any atom is 0.326 e. The summed E-state index contributed by atoms with van der Waals surface area (Å²) in [5.41, 5.74) is 1.87. The molecule has 8 atom stereocenters. The van der Waals surface area contributed by atoms with Crippen LogP contribution in [0.5, 0.6) is 0 Å². The topological polar surface area (TPSA) is 287 Å². The van der Waals surface area contributed by atoms with Crippen molar-refractivity contribution < 1.29 is 63.2 Å². The summed E-state index contributed by atoms with van der Waals surface area (Å²) < 4.78 is 6.14. The summed E-state index contributed by atoms with van der Waals surface area (Å²) in [7, 11) is 0.